The summed E-state index contributed by atoms with van der Waals surface area (Å²) in [7, 11) is 0. The summed E-state index contributed by atoms with van der Waals surface area (Å²) in [6.45, 7) is 1.08. The number of benzene rings is 1. The molecule has 8 nitrogen and oxygen atoms in total. The zero-order chi connectivity index (χ0) is 21.1. The number of nitrogens with two attached hydrogens (primary N) is 2. The predicted octanol–water partition coefficient (Wildman–Crippen LogP) is 1.82. The Bertz CT molecular complexity index is 928. The number of nitrogen functional groups attached to an aromatic ring is 1. The van der Waals surface area contributed by atoms with E-state index in [0.29, 0.717) is 13.1 Å². The predicted molar refractivity (Wildman–Crippen MR) is 108 cm³/mol. The first kappa shape index (κ1) is 20.8. The molecule has 1 fully saturated rings. The number of rotatable bonds is 5. The van der Waals surface area contributed by atoms with Crippen LogP contribution in [0.25, 0.3) is 10.6 Å². The number of hydrogen-bond acceptors (Lipinski definition) is 7. The van der Waals surface area contributed by atoms with Crippen molar-refractivity contribution < 1.29 is 13.6 Å². The number of thiazole rings is 1. The molecule has 0 bridgehead atoms. The molecule has 1 aliphatic heterocycles. The van der Waals surface area contributed by atoms with Crippen molar-refractivity contribution in [3.8, 4) is 10.6 Å². The van der Waals surface area contributed by atoms with E-state index in [0.717, 1.165) is 42.5 Å². The molecule has 0 aliphatic carbocycles. The van der Waals surface area contributed by atoms with Crippen molar-refractivity contribution in [3.05, 3.63) is 35.5 Å². The topological polar surface area (TPSA) is 145 Å². The maximum absolute atomic E-state index is 14.0. The molecule has 1 aromatic heterocycles. The Morgan fingerprint density at radius 2 is 2.10 bits per heavy atom. The Morgan fingerprint density at radius 3 is 2.72 bits per heavy atom. The lowest BCUT2D eigenvalue weighted by Gasteiger charge is -2.34. The number of carbonyl (C=O) groups is 1. The molecule has 0 radical (unpaired) electrons. The maximum atomic E-state index is 14.0. The number of aromatic nitrogens is 1. The minimum absolute atomic E-state index is 0.0181. The van der Waals surface area contributed by atoms with E-state index in [1.165, 1.54) is 6.07 Å². The molecule has 2 aromatic rings. The van der Waals surface area contributed by atoms with Crippen LogP contribution in [0.2, 0.25) is 0 Å². The minimum atomic E-state index is -0.998. The highest BCUT2D eigenvalue weighted by atomic mass is 32.1. The lowest BCUT2D eigenvalue weighted by atomic mass is 10.1. The summed E-state index contributed by atoms with van der Waals surface area (Å²) in [5.74, 6) is -2.32. The molecule has 1 saturated heterocycles. The van der Waals surface area contributed by atoms with Crippen molar-refractivity contribution in [3.63, 3.8) is 0 Å². The van der Waals surface area contributed by atoms with Crippen LogP contribution in [0.5, 0.6) is 0 Å². The molecule has 3 rings (SSSR count). The van der Waals surface area contributed by atoms with Gasteiger partial charge in [-0.05, 0) is 25.0 Å². The highest BCUT2D eigenvalue weighted by molar-refractivity contribution is 7.19. The van der Waals surface area contributed by atoms with Crippen molar-refractivity contribution in [1.29, 1.82) is 10.8 Å². The molecule has 154 valence electrons. The summed E-state index contributed by atoms with van der Waals surface area (Å²) in [5, 5.41) is 18.3. The third-order valence-corrected chi connectivity index (χ3v) is 5.49. The van der Waals surface area contributed by atoms with Gasteiger partial charge in [0.05, 0.1) is 5.56 Å². The Morgan fingerprint density at radius 1 is 1.41 bits per heavy atom. The second-order valence-electron chi connectivity index (χ2n) is 6.68. The van der Waals surface area contributed by atoms with Crippen LogP contribution in [0.15, 0.2) is 18.2 Å². The van der Waals surface area contributed by atoms with Gasteiger partial charge in [-0.1, -0.05) is 17.4 Å². The highest BCUT2D eigenvalue weighted by Crippen LogP contribution is 2.33. The summed E-state index contributed by atoms with van der Waals surface area (Å²) in [4.78, 5) is 18.3. The summed E-state index contributed by atoms with van der Waals surface area (Å²) in [6, 6.07) is 2.34. The number of hydrogen-bond donors (Lipinski definition) is 5. The Balaban J connectivity index is 1.79. The number of anilines is 1. The molecule has 2 heterocycles. The quantitative estimate of drug-likeness (QED) is 0.369. The van der Waals surface area contributed by atoms with Crippen LogP contribution in [0.4, 0.5) is 13.8 Å². The summed E-state index contributed by atoms with van der Waals surface area (Å²) in [5.41, 5.74) is 11.2. The average Bonchev–Trinajstić information content (AvgIpc) is 3.06. The monoisotopic (exact) mass is 421 g/mol. The van der Waals surface area contributed by atoms with Crippen LogP contribution < -0.4 is 16.8 Å². The van der Waals surface area contributed by atoms with Gasteiger partial charge in [0.25, 0.3) is 5.91 Å². The normalized spacial score (nSPS) is 17.6. The van der Waals surface area contributed by atoms with Gasteiger partial charge >= 0.3 is 0 Å². The maximum Gasteiger partial charge on any atom is 0.273 e. The molecule has 2 atom stereocenters. The first-order valence-electron chi connectivity index (χ1n) is 8.93. The Kier molecular flexibility index (Phi) is 6.18. The number of likely N-dealkylation sites (tertiary alicyclic amines) is 1. The summed E-state index contributed by atoms with van der Waals surface area (Å²) in [6.07, 6.45) is 2.61. The van der Waals surface area contributed by atoms with Gasteiger partial charge in [-0.15, -0.1) is 0 Å². The van der Waals surface area contributed by atoms with Gasteiger partial charge < -0.3 is 27.1 Å². The number of nitrogens with zero attached hydrogens (tertiary/aromatic N) is 2. The van der Waals surface area contributed by atoms with E-state index in [1.54, 1.807) is 4.90 Å². The molecule has 0 spiro atoms. The van der Waals surface area contributed by atoms with Crippen LogP contribution in [0, 0.1) is 22.5 Å². The third kappa shape index (κ3) is 4.40. The molecular weight excluding hydrogens is 400 g/mol. The van der Waals surface area contributed by atoms with Crippen molar-refractivity contribution in [2.75, 3.05) is 18.8 Å². The minimum Gasteiger partial charge on any atom is -0.389 e. The fourth-order valence-electron chi connectivity index (χ4n) is 3.13. The van der Waals surface area contributed by atoms with Crippen molar-refractivity contribution in [2.24, 2.45) is 5.73 Å². The average molecular weight is 421 g/mol. The van der Waals surface area contributed by atoms with Crippen LogP contribution in [0.3, 0.4) is 0 Å². The van der Waals surface area contributed by atoms with Gasteiger partial charge in [-0.2, -0.15) is 0 Å². The van der Waals surface area contributed by atoms with Crippen LogP contribution in [-0.2, 0) is 0 Å². The van der Waals surface area contributed by atoms with E-state index in [2.05, 4.69) is 10.3 Å². The van der Waals surface area contributed by atoms with Gasteiger partial charge in [0.15, 0.2) is 5.69 Å². The molecular formula is C18H21F2N7OS. The van der Waals surface area contributed by atoms with E-state index in [1.807, 2.05) is 0 Å². The zero-order valence-corrected chi connectivity index (χ0v) is 16.2. The van der Waals surface area contributed by atoms with Crippen LogP contribution >= 0.6 is 11.3 Å². The molecule has 2 unspecified atom stereocenters. The first-order valence-corrected chi connectivity index (χ1v) is 9.74. The van der Waals surface area contributed by atoms with Crippen molar-refractivity contribution >= 4 is 34.3 Å². The van der Waals surface area contributed by atoms with E-state index in [-0.39, 0.29) is 33.1 Å². The number of halogens is 2. The smallest absolute Gasteiger partial charge is 0.273 e. The first-order chi connectivity index (χ1) is 13.8. The zero-order valence-electron chi connectivity index (χ0n) is 15.4. The fourth-order valence-corrected chi connectivity index (χ4v) is 4.01. The number of amidine groups is 1. The third-order valence-electron chi connectivity index (χ3n) is 4.59. The number of carbonyl (C=O) groups excluding carboxylic acids is 1. The number of amides is 1. The van der Waals surface area contributed by atoms with E-state index in [9.17, 15) is 13.6 Å². The largest absolute Gasteiger partial charge is 0.389 e. The highest BCUT2D eigenvalue weighted by Gasteiger charge is 2.27. The molecule has 29 heavy (non-hydrogen) atoms. The molecule has 11 heteroatoms. The fraction of sp³-hybridized carbons (Fsp3) is 0.333. The van der Waals surface area contributed by atoms with Crippen molar-refractivity contribution in [1.82, 2.24) is 15.2 Å². The molecule has 7 N–H and O–H groups in total. The summed E-state index contributed by atoms with van der Waals surface area (Å²) < 4.78 is 28.0. The lowest BCUT2D eigenvalue weighted by Crippen LogP contribution is -2.53. The lowest BCUT2D eigenvalue weighted by molar-refractivity contribution is 0.0949. The van der Waals surface area contributed by atoms with Gasteiger partial charge in [0, 0.05) is 25.3 Å². The van der Waals surface area contributed by atoms with Gasteiger partial charge in [0.1, 0.15) is 33.5 Å². The Hall–Kier alpha value is -2.92. The molecule has 0 saturated carbocycles. The van der Waals surface area contributed by atoms with E-state index in [4.69, 9.17) is 22.3 Å². The Labute approximate surface area is 169 Å². The molecule has 1 aromatic carbocycles. The van der Waals surface area contributed by atoms with E-state index < -0.39 is 23.6 Å². The van der Waals surface area contributed by atoms with Gasteiger partial charge in [0.2, 0.25) is 0 Å². The van der Waals surface area contributed by atoms with Crippen molar-refractivity contribution in [2.45, 2.75) is 24.9 Å². The van der Waals surface area contributed by atoms with E-state index >= 15 is 0 Å². The van der Waals surface area contributed by atoms with Gasteiger partial charge in [-0.3, -0.25) is 10.2 Å². The number of nitrogens with one attached hydrogen (secondary N) is 3. The molecule has 1 amide bonds. The molecule has 1 aliphatic rings. The standard InChI is InChI=1S/C18H21F2N7OS/c19-10-4-1-5-11(20)13(10)18-26-14(16(24)29-18)17(28)25-12(7-21)15(23)27-6-2-3-9(22)8-27/h1,4-5,7,9,12,21,23H,2-3,6,8,22,24H2,(H,25,28). The van der Waals surface area contributed by atoms with Crippen LogP contribution in [0.1, 0.15) is 23.3 Å². The second kappa shape index (κ2) is 8.62. The van der Waals surface area contributed by atoms with Crippen LogP contribution in [-0.4, -0.2) is 53.0 Å². The number of piperidine rings is 1. The SMILES string of the molecule is N=CC(NC(=O)c1nc(-c2c(F)cccc2F)sc1N)C(=N)N1CCCC(N)C1. The van der Waals surface area contributed by atoms with Gasteiger partial charge in [-0.25, -0.2) is 13.8 Å². The second-order valence-corrected chi connectivity index (χ2v) is 7.71. The summed E-state index contributed by atoms with van der Waals surface area (Å²) >= 11 is 0.784.